The van der Waals surface area contributed by atoms with Crippen molar-refractivity contribution in [2.45, 2.75) is 19.4 Å². The minimum absolute atomic E-state index is 0.164. The number of nitrogens with two attached hydrogens (primary N) is 1. The van der Waals surface area contributed by atoms with Gasteiger partial charge < -0.3 is 19.9 Å². The van der Waals surface area contributed by atoms with E-state index in [-0.39, 0.29) is 6.04 Å². The highest BCUT2D eigenvalue weighted by atomic mass is 16.5. The van der Waals surface area contributed by atoms with Gasteiger partial charge in [0.2, 0.25) is 0 Å². The van der Waals surface area contributed by atoms with E-state index < -0.39 is 0 Å². The summed E-state index contributed by atoms with van der Waals surface area (Å²) in [5.74, 6) is 0.864. The lowest BCUT2D eigenvalue weighted by Gasteiger charge is -2.09. The average molecular weight is 253 g/mol. The Bertz CT molecular complexity index is 329. The zero-order valence-electron chi connectivity index (χ0n) is 11.2. The van der Waals surface area contributed by atoms with Gasteiger partial charge in [0.25, 0.3) is 0 Å². The lowest BCUT2D eigenvalue weighted by molar-refractivity contribution is 0.0544. The molecular weight excluding hydrogens is 230 g/mol. The lowest BCUT2D eigenvalue weighted by atomic mass is 10.1. The summed E-state index contributed by atoms with van der Waals surface area (Å²) in [6.07, 6.45) is 0.863. The molecule has 2 N–H and O–H groups in total. The standard InChI is InChI=1S/C14H23NO3/c1-12(15)10-13-4-3-5-14(11-13)18-9-8-17-7-6-16-2/h3-5,11-12H,6-10,15H2,1-2H3. The third-order valence-electron chi connectivity index (χ3n) is 2.38. The summed E-state index contributed by atoms with van der Waals surface area (Å²) in [6.45, 7) is 4.33. The van der Waals surface area contributed by atoms with Gasteiger partial charge in [-0.15, -0.1) is 0 Å². The summed E-state index contributed by atoms with van der Waals surface area (Å²) in [4.78, 5) is 0. The molecule has 0 aliphatic heterocycles. The SMILES string of the molecule is COCCOCCOc1cccc(CC(C)N)c1. The highest BCUT2D eigenvalue weighted by molar-refractivity contribution is 5.28. The maximum atomic E-state index is 5.77. The molecule has 0 fully saturated rings. The predicted octanol–water partition coefficient (Wildman–Crippen LogP) is 1.62. The van der Waals surface area contributed by atoms with E-state index >= 15 is 0 Å². The Balaban J connectivity index is 2.25. The molecule has 0 aromatic heterocycles. The third-order valence-corrected chi connectivity index (χ3v) is 2.38. The Morgan fingerprint density at radius 3 is 2.67 bits per heavy atom. The van der Waals surface area contributed by atoms with Gasteiger partial charge in [0.05, 0.1) is 19.8 Å². The molecule has 18 heavy (non-hydrogen) atoms. The zero-order valence-corrected chi connectivity index (χ0v) is 11.2. The van der Waals surface area contributed by atoms with Gasteiger partial charge in [0.1, 0.15) is 12.4 Å². The molecule has 1 rings (SSSR count). The molecule has 0 amide bonds. The largest absolute Gasteiger partial charge is 0.491 e. The van der Waals surface area contributed by atoms with Crippen molar-refractivity contribution in [1.82, 2.24) is 0 Å². The molecule has 0 saturated heterocycles. The first-order valence-electron chi connectivity index (χ1n) is 6.26. The smallest absolute Gasteiger partial charge is 0.119 e. The van der Waals surface area contributed by atoms with Crippen molar-refractivity contribution in [3.8, 4) is 5.75 Å². The predicted molar refractivity (Wildman–Crippen MR) is 72.0 cm³/mol. The summed E-state index contributed by atoms with van der Waals surface area (Å²) < 4.78 is 15.8. The van der Waals surface area contributed by atoms with Gasteiger partial charge in [-0.25, -0.2) is 0 Å². The quantitative estimate of drug-likeness (QED) is 0.679. The van der Waals surface area contributed by atoms with Crippen LogP contribution in [0.15, 0.2) is 24.3 Å². The van der Waals surface area contributed by atoms with Crippen LogP contribution >= 0.6 is 0 Å². The van der Waals surface area contributed by atoms with Crippen LogP contribution in [0.25, 0.3) is 0 Å². The third kappa shape index (κ3) is 6.59. The van der Waals surface area contributed by atoms with Crippen LogP contribution in [0, 0.1) is 0 Å². The van der Waals surface area contributed by atoms with E-state index in [1.54, 1.807) is 7.11 Å². The first-order chi connectivity index (χ1) is 8.72. The van der Waals surface area contributed by atoms with Crippen LogP contribution in [0.1, 0.15) is 12.5 Å². The fourth-order valence-electron chi connectivity index (χ4n) is 1.60. The van der Waals surface area contributed by atoms with Crippen molar-refractivity contribution in [3.05, 3.63) is 29.8 Å². The summed E-state index contributed by atoms with van der Waals surface area (Å²) in [7, 11) is 1.66. The summed E-state index contributed by atoms with van der Waals surface area (Å²) >= 11 is 0. The molecule has 0 bridgehead atoms. The average Bonchev–Trinajstić information content (AvgIpc) is 2.33. The monoisotopic (exact) mass is 253 g/mol. The molecule has 0 radical (unpaired) electrons. The van der Waals surface area contributed by atoms with Gasteiger partial charge in [-0.2, -0.15) is 0 Å². The summed E-state index contributed by atoms with van der Waals surface area (Å²) in [5.41, 5.74) is 6.97. The minimum atomic E-state index is 0.164. The zero-order chi connectivity index (χ0) is 13.2. The van der Waals surface area contributed by atoms with Crippen LogP contribution < -0.4 is 10.5 Å². The highest BCUT2D eigenvalue weighted by Crippen LogP contribution is 2.14. The topological polar surface area (TPSA) is 53.7 Å². The van der Waals surface area contributed by atoms with Gasteiger partial charge in [0, 0.05) is 13.2 Å². The fraction of sp³-hybridized carbons (Fsp3) is 0.571. The first-order valence-corrected chi connectivity index (χ1v) is 6.26. The number of rotatable bonds is 9. The molecule has 1 unspecified atom stereocenters. The molecule has 0 spiro atoms. The van der Waals surface area contributed by atoms with Crippen molar-refractivity contribution in [2.24, 2.45) is 5.73 Å². The Kier molecular flexibility index (Phi) is 7.41. The Morgan fingerprint density at radius 2 is 1.94 bits per heavy atom. The van der Waals surface area contributed by atoms with Crippen LogP contribution in [-0.2, 0) is 15.9 Å². The number of ether oxygens (including phenoxy) is 3. The van der Waals surface area contributed by atoms with Crippen molar-refractivity contribution in [2.75, 3.05) is 33.5 Å². The molecule has 4 heteroatoms. The van der Waals surface area contributed by atoms with E-state index in [4.69, 9.17) is 19.9 Å². The maximum Gasteiger partial charge on any atom is 0.119 e. The molecule has 1 aromatic carbocycles. The Hall–Kier alpha value is -1.10. The van der Waals surface area contributed by atoms with Crippen LogP contribution in [-0.4, -0.2) is 39.6 Å². The number of methoxy groups -OCH3 is 1. The number of hydrogen-bond acceptors (Lipinski definition) is 4. The molecule has 1 aromatic rings. The van der Waals surface area contributed by atoms with Crippen LogP contribution in [0.3, 0.4) is 0 Å². The van der Waals surface area contributed by atoms with Crippen LogP contribution in [0.5, 0.6) is 5.75 Å². The molecule has 0 aliphatic carbocycles. The van der Waals surface area contributed by atoms with Gasteiger partial charge in [0.15, 0.2) is 0 Å². The molecule has 0 heterocycles. The minimum Gasteiger partial charge on any atom is -0.491 e. The van der Waals surface area contributed by atoms with E-state index in [0.29, 0.717) is 26.4 Å². The van der Waals surface area contributed by atoms with Crippen molar-refractivity contribution >= 4 is 0 Å². The lowest BCUT2D eigenvalue weighted by Crippen LogP contribution is -2.17. The molecule has 102 valence electrons. The van der Waals surface area contributed by atoms with E-state index in [9.17, 15) is 0 Å². The number of benzene rings is 1. The van der Waals surface area contributed by atoms with Crippen molar-refractivity contribution < 1.29 is 14.2 Å². The maximum absolute atomic E-state index is 5.77. The number of hydrogen-bond donors (Lipinski definition) is 1. The van der Waals surface area contributed by atoms with E-state index in [2.05, 4.69) is 6.07 Å². The molecule has 0 aliphatic rings. The summed E-state index contributed by atoms with van der Waals surface area (Å²) in [6, 6.07) is 8.18. The molecule has 1 atom stereocenters. The molecule has 4 nitrogen and oxygen atoms in total. The van der Waals surface area contributed by atoms with Crippen LogP contribution in [0.2, 0.25) is 0 Å². The van der Waals surface area contributed by atoms with Crippen molar-refractivity contribution in [1.29, 1.82) is 0 Å². The summed E-state index contributed by atoms with van der Waals surface area (Å²) in [5, 5.41) is 0. The van der Waals surface area contributed by atoms with Gasteiger partial charge in [-0.1, -0.05) is 12.1 Å². The van der Waals surface area contributed by atoms with Gasteiger partial charge >= 0.3 is 0 Å². The van der Waals surface area contributed by atoms with Crippen molar-refractivity contribution in [3.63, 3.8) is 0 Å². The van der Waals surface area contributed by atoms with Gasteiger partial charge in [-0.3, -0.25) is 0 Å². The molecule has 0 saturated carbocycles. The Labute approximate surface area is 109 Å². The second kappa shape index (κ2) is 8.91. The van der Waals surface area contributed by atoms with Gasteiger partial charge in [-0.05, 0) is 31.0 Å². The first kappa shape index (κ1) is 15.0. The fourth-order valence-corrected chi connectivity index (χ4v) is 1.60. The van der Waals surface area contributed by atoms with E-state index in [1.807, 2.05) is 25.1 Å². The van der Waals surface area contributed by atoms with Crippen LogP contribution in [0.4, 0.5) is 0 Å². The normalized spacial score (nSPS) is 12.4. The second-order valence-electron chi connectivity index (χ2n) is 4.28. The van der Waals surface area contributed by atoms with E-state index in [1.165, 1.54) is 5.56 Å². The van der Waals surface area contributed by atoms with E-state index in [0.717, 1.165) is 12.2 Å². The molecular formula is C14H23NO3. The highest BCUT2D eigenvalue weighted by Gasteiger charge is 2.00. The second-order valence-corrected chi connectivity index (χ2v) is 4.28. The Morgan fingerprint density at radius 1 is 1.17 bits per heavy atom.